The number of hydrogen-bond acceptors (Lipinski definition) is 3. The van der Waals surface area contributed by atoms with Crippen LogP contribution in [0.2, 0.25) is 0 Å². The fraction of sp³-hybridized carbons (Fsp3) is 0.188. The van der Waals surface area contributed by atoms with Crippen LogP contribution in [0.1, 0.15) is 17.0 Å². The van der Waals surface area contributed by atoms with Crippen LogP contribution >= 0.6 is 0 Å². The fourth-order valence-electron chi connectivity index (χ4n) is 1.66. The Kier molecular flexibility index (Phi) is 4.04. The van der Waals surface area contributed by atoms with Gasteiger partial charge in [-0.1, -0.05) is 12.0 Å². The molecule has 96 valence electrons. The van der Waals surface area contributed by atoms with Gasteiger partial charge in [0.25, 0.3) is 0 Å². The minimum atomic E-state index is 0.673. The van der Waals surface area contributed by atoms with Gasteiger partial charge in [0.05, 0.1) is 14.2 Å². The first kappa shape index (κ1) is 13.0. The van der Waals surface area contributed by atoms with Gasteiger partial charge in [-0.15, -0.1) is 0 Å². The van der Waals surface area contributed by atoms with Gasteiger partial charge in [-0.2, -0.15) is 0 Å². The molecule has 0 saturated carbocycles. The summed E-state index contributed by atoms with van der Waals surface area (Å²) in [5.74, 6) is 7.47. The van der Waals surface area contributed by atoms with Crippen LogP contribution in [0.25, 0.3) is 0 Å². The number of methoxy groups -OCH3 is 2. The number of aryl methyl sites for hydroxylation is 1. The summed E-state index contributed by atoms with van der Waals surface area (Å²) in [4.78, 5) is 4.34. The minimum Gasteiger partial charge on any atom is -0.493 e. The number of nitrogens with zero attached hydrogens (tertiary/aromatic N) is 1. The highest BCUT2D eigenvalue weighted by Crippen LogP contribution is 2.27. The number of ether oxygens (including phenoxy) is 2. The lowest BCUT2D eigenvalue weighted by molar-refractivity contribution is 0.355. The maximum atomic E-state index is 5.24. The van der Waals surface area contributed by atoms with Crippen LogP contribution in [-0.4, -0.2) is 19.2 Å². The van der Waals surface area contributed by atoms with Gasteiger partial charge in [-0.25, -0.2) is 4.98 Å². The molecule has 0 saturated heterocycles. The van der Waals surface area contributed by atoms with Crippen molar-refractivity contribution in [3.63, 3.8) is 0 Å². The first-order valence-corrected chi connectivity index (χ1v) is 5.90. The van der Waals surface area contributed by atoms with E-state index in [1.807, 2.05) is 43.3 Å². The average molecular weight is 253 g/mol. The summed E-state index contributed by atoms with van der Waals surface area (Å²) < 4.78 is 10.4. The predicted octanol–water partition coefficient (Wildman–Crippen LogP) is 2.81. The third-order valence-electron chi connectivity index (χ3n) is 2.61. The van der Waals surface area contributed by atoms with Gasteiger partial charge in [0.15, 0.2) is 11.5 Å². The summed E-state index contributed by atoms with van der Waals surface area (Å²) in [6, 6.07) is 11.4. The van der Waals surface area contributed by atoms with Gasteiger partial charge in [0.2, 0.25) is 0 Å². The minimum absolute atomic E-state index is 0.673. The summed E-state index contributed by atoms with van der Waals surface area (Å²) >= 11 is 0. The Morgan fingerprint density at radius 1 is 0.947 bits per heavy atom. The molecule has 0 radical (unpaired) electrons. The quantitative estimate of drug-likeness (QED) is 0.771. The number of pyridine rings is 1. The molecule has 3 nitrogen and oxygen atoms in total. The normalized spacial score (nSPS) is 9.42. The van der Waals surface area contributed by atoms with Crippen molar-refractivity contribution in [1.29, 1.82) is 0 Å². The Bertz CT molecular complexity index is 639. The first-order chi connectivity index (χ1) is 9.22. The Labute approximate surface area is 113 Å². The highest BCUT2D eigenvalue weighted by Gasteiger charge is 2.02. The van der Waals surface area contributed by atoms with Crippen molar-refractivity contribution in [3.05, 3.63) is 53.3 Å². The van der Waals surface area contributed by atoms with E-state index >= 15 is 0 Å². The van der Waals surface area contributed by atoms with Crippen molar-refractivity contribution in [2.75, 3.05) is 14.2 Å². The largest absolute Gasteiger partial charge is 0.493 e. The number of benzene rings is 1. The van der Waals surface area contributed by atoms with Gasteiger partial charge < -0.3 is 9.47 Å². The Morgan fingerprint density at radius 2 is 1.74 bits per heavy atom. The van der Waals surface area contributed by atoms with Crippen molar-refractivity contribution < 1.29 is 9.47 Å². The molecule has 1 heterocycles. The van der Waals surface area contributed by atoms with Gasteiger partial charge in [0, 0.05) is 11.3 Å². The van der Waals surface area contributed by atoms with E-state index in [1.54, 1.807) is 14.2 Å². The van der Waals surface area contributed by atoms with Crippen LogP contribution in [0.4, 0.5) is 0 Å². The molecule has 0 fully saturated rings. The van der Waals surface area contributed by atoms with Crippen LogP contribution in [0.5, 0.6) is 11.5 Å². The topological polar surface area (TPSA) is 31.4 Å². The Balaban J connectivity index is 2.29. The monoisotopic (exact) mass is 253 g/mol. The van der Waals surface area contributed by atoms with E-state index in [4.69, 9.17) is 9.47 Å². The molecule has 0 aliphatic carbocycles. The van der Waals surface area contributed by atoms with E-state index in [0.717, 1.165) is 17.0 Å². The zero-order valence-electron chi connectivity index (χ0n) is 11.2. The van der Waals surface area contributed by atoms with E-state index in [2.05, 4.69) is 16.8 Å². The second-order valence-corrected chi connectivity index (χ2v) is 3.98. The lowest BCUT2D eigenvalue weighted by Gasteiger charge is -2.06. The molecule has 2 aromatic rings. The molecule has 0 bridgehead atoms. The molecule has 0 amide bonds. The van der Waals surface area contributed by atoms with Gasteiger partial charge in [-0.3, -0.25) is 0 Å². The van der Waals surface area contributed by atoms with E-state index in [0.29, 0.717) is 11.5 Å². The summed E-state index contributed by atoms with van der Waals surface area (Å²) in [6.45, 7) is 1.95. The predicted molar refractivity (Wildman–Crippen MR) is 74.5 cm³/mol. The third kappa shape index (κ3) is 3.26. The van der Waals surface area contributed by atoms with Crippen molar-refractivity contribution in [2.45, 2.75) is 6.92 Å². The SMILES string of the molecule is COc1ccc(C#Cc2cccc(C)n2)cc1OC. The Morgan fingerprint density at radius 3 is 2.42 bits per heavy atom. The third-order valence-corrected chi connectivity index (χ3v) is 2.61. The maximum absolute atomic E-state index is 5.24. The smallest absolute Gasteiger partial charge is 0.161 e. The second kappa shape index (κ2) is 5.92. The summed E-state index contributed by atoms with van der Waals surface area (Å²) in [5.41, 5.74) is 2.58. The standard InChI is InChI=1S/C16H15NO2/c1-12-5-4-6-14(17-12)9-7-13-8-10-15(18-2)16(11-13)19-3/h4-6,8,10-11H,1-3H3. The molecule has 3 heteroatoms. The summed E-state index contributed by atoms with van der Waals surface area (Å²) in [6.07, 6.45) is 0. The fourth-order valence-corrected chi connectivity index (χ4v) is 1.66. The maximum Gasteiger partial charge on any atom is 0.161 e. The highest BCUT2D eigenvalue weighted by atomic mass is 16.5. The first-order valence-electron chi connectivity index (χ1n) is 5.90. The molecule has 1 aromatic carbocycles. The van der Waals surface area contributed by atoms with E-state index in [9.17, 15) is 0 Å². The Hall–Kier alpha value is -2.47. The van der Waals surface area contributed by atoms with Gasteiger partial charge in [0.1, 0.15) is 5.69 Å². The average Bonchev–Trinajstić information content (AvgIpc) is 2.45. The lowest BCUT2D eigenvalue weighted by atomic mass is 10.2. The molecule has 0 spiro atoms. The summed E-state index contributed by atoms with van der Waals surface area (Å²) in [5, 5.41) is 0. The van der Waals surface area contributed by atoms with E-state index < -0.39 is 0 Å². The number of rotatable bonds is 2. The molecule has 0 unspecified atom stereocenters. The van der Waals surface area contributed by atoms with Crippen LogP contribution in [0, 0.1) is 18.8 Å². The number of hydrogen-bond donors (Lipinski definition) is 0. The van der Waals surface area contributed by atoms with Gasteiger partial charge in [-0.05, 0) is 43.2 Å². The van der Waals surface area contributed by atoms with Crippen molar-refractivity contribution in [3.8, 4) is 23.3 Å². The molecule has 1 aromatic heterocycles. The molecule has 0 aliphatic heterocycles. The second-order valence-electron chi connectivity index (χ2n) is 3.98. The van der Waals surface area contributed by atoms with Crippen molar-refractivity contribution in [1.82, 2.24) is 4.98 Å². The highest BCUT2D eigenvalue weighted by molar-refractivity contribution is 5.49. The molecule has 0 N–H and O–H groups in total. The molecule has 0 aliphatic rings. The summed E-state index contributed by atoms with van der Waals surface area (Å²) in [7, 11) is 3.22. The van der Waals surface area contributed by atoms with Crippen LogP contribution < -0.4 is 9.47 Å². The number of aromatic nitrogens is 1. The van der Waals surface area contributed by atoms with Crippen LogP contribution in [0.3, 0.4) is 0 Å². The zero-order valence-corrected chi connectivity index (χ0v) is 11.2. The van der Waals surface area contributed by atoms with E-state index in [-0.39, 0.29) is 0 Å². The zero-order chi connectivity index (χ0) is 13.7. The molecule has 19 heavy (non-hydrogen) atoms. The molecular weight excluding hydrogens is 238 g/mol. The van der Waals surface area contributed by atoms with Crippen LogP contribution in [-0.2, 0) is 0 Å². The molecule has 0 atom stereocenters. The molecule has 2 rings (SSSR count). The van der Waals surface area contributed by atoms with Crippen LogP contribution in [0.15, 0.2) is 36.4 Å². The lowest BCUT2D eigenvalue weighted by Crippen LogP contribution is -1.91. The van der Waals surface area contributed by atoms with Crippen molar-refractivity contribution >= 4 is 0 Å². The van der Waals surface area contributed by atoms with E-state index in [1.165, 1.54) is 0 Å². The van der Waals surface area contributed by atoms with Crippen molar-refractivity contribution in [2.24, 2.45) is 0 Å². The molecular formula is C16H15NO2. The van der Waals surface area contributed by atoms with Gasteiger partial charge >= 0.3 is 0 Å².